The second-order valence-corrected chi connectivity index (χ2v) is 8.80. The summed E-state index contributed by atoms with van der Waals surface area (Å²) in [5.74, 6) is 0.0318. The van der Waals surface area contributed by atoms with Crippen LogP contribution in [0.3, 0.4) is 0 Å². The van der Waals surface area contributed by atoms with Crippen molar-refractivity contribution in [3.05, 3.63) is 82.8 Å². The first-order valence-corrected chi connectivity index (χ1v) is 11.5. The second kappa shape index (κ2) is 9.61. The molecular weight excluding hydrogens is 445 g/mol. The summed E-state index contributed by atoms with van der Waals surface area (Å²) in [7, 11) is 0. The molecule has 0 unspecified atom stereocenters. The van der Waals surface area contributed by atoms with Crippen molar-refractivity contribution in [3.8, 4) is 5.69 Å². The lowest BCUT2D eigenvalue weighted by Crippen LogP contribution is -2.63. The van der Waals surface area contributed by atoms with Crippen molar-refractivity contribution in [3.63, 3.8) is 0 Å². The number of amides is 1. The first-order valence-electron chi connectivity index (χ1n) is 10.7. The standard InChI is InChI=1S/C24H25Cl2N5O/c1-3-24(4-2)16-29(15-18-7-5-8-19(25)13-18)11-12-30(24)23(32)22-27-17-31(28-22)21-10-6-9-20(26)14-21/h5-10,13-14,17H,3-4,11-12,16H2,1-2H3. The number of nitrogens with zero attached hydrogens (tertiary/aromatic N) is 5. The van der Waals surface area contributed by atoms with Crippen LogP contribution in [-0.4, -0.2) is 55.6 Å². The van der Waals surface area contributed by atoms with E-state index in [2.05, 4.69) is 35.4 Å². The summed E-state index contributed by atoms with van der Waals surface area (Å²) in [4.78, 5) is 21.8. The van der Waals surface area contributed by atoms with E-state index in [1.807, 2.05) is 41.3 Å². The first kappa shape index (κ1) is 22.8. The zero-order valence-electron chi connectivity index (χ0n) is 18.1. The van der Waals surface area contributed by atoms with Crippen molar-refractivity contribution < 1.29 is 4.79 Å². The molecule has 1 aliphatic rings. The quantitative estimate of drug-likeness (QED) is 0.510. The molecule has 4 rings (SSSR count). The highest BCUT2D eigenvalue weighted by atomic mass is 35.5. The van der Waals surface area contributed by atoms with E-state index < -0.39 is 0 Å². The van der Waals surface area contributed by atoms with Crippen LogP contribution in [0.2, 0.25) is 10.0 Å². The molecule has 1 aromatic heterocycles. The molecule has 0 spiro atoms. The van der Waals surface area contributed by atoms with Crippen LogP contribution in [0.15, 0.2) is 54.9 Å². The van der Waals surface area contributed by atoms with Crippen molar-refractivity contribution in [1.82, 2.24) is 24.6 Å². The van der Waals surface area contributed by atoms with Gasteiger partial charge in [-0.25, -0.2) is 9.67 Å². The summed E-state index contributed by atoms with van der Waals surface area (Å²) in [6.07, 6.45) is 3.19. The first-order chi connectivity index (χ1) is 15.4. The fourth-order valence-electron chi connectivity index (χ4n) is 4.21. The van der Waals surface area contributed by atoms with Crippen LogP contribution >= 0.6 is 23.2 Å². The summed E-state index contributed by atoms with van der Waals surface area (Å²) in [5, 5.41) is 5.72. The van der Waals surface area contributed by atoms with Crippen molar-refractivity contribution in [1.29, 1.82) is 0 Å². The van der Waals surface area contributed by atoms with Gasteiger partial charge in [0.25, 0.3) is 5.91 Å². The van der Waals surface area contributed by atoms with Gasteiger partial charge in [-0.1, -0.05) is 55.2 Å². The van der Waals surface area contributed by atoms with Gasteiger partial charge in [-0.15, -0.1) is 5.10 Å². The van der Waals surface area contributed by atoms with Crippen molar-refractivity contribution >= 4 is 29.1 Å². The van der Waals surface area contributed by atoms with Gasteiger partial charge in [0.2, 0.25) is 5.82 Å². The Morgan fingerprint density at radius 1 is 1.06 bits per heavy atom. The lowest BCUT2D eigenvalue weighted by atomic mass is 9.87. The van der Waals surface area contributed by atoms with E-state index in [1.165, 1.54) is 0 Å². The van der Waals surface area contributed by atoms with Gasteiger partial charge in [0.1, 0.15) is 6.33 Å². The number of carbonyl (C=O) groups is 1. The normalized spacial score (nSPS) is 16.3. The molecule has 6 nitrogen and oxygen atoms in total. The van der Waals surface area contributed by atoms with E-state index in [4.69, 9.17) is 23.2 Å². The van der Waals surface area contributed by atoms with Crippen LogP contribution in [0.25, 0.3) is 5.69 Å². The Labute approximate surface area is 198 Å². The van der Waals surface area contributed by atoms with Crippen LogP contribution < -0.4 is 0 Å². The van der Waals surface area contributed by atoms with Gasteiger partial charge in [-0.3, -0.25) is 9.69 Å². The lowest BCUT2D eigenvalue weighted by Gasteiger charge is -2.50. The Bertz CT molecular complexity index is 1100. The average Bonchev–Trinajstić information content (AvgIpc) is 3.29. The number of carbonyl (C=O) groups excluding carboxylic acids is 1. The smallest absolute Gasteiger partial charge is 0.294 e. The maximum atomic E-state index is 13.5. The summed E-state index contributed by atoms with van der Waals surface area (Å²) in [5.41, 5.74) is 1.36. The highest BCUT2D eigenvalue weighted by Crippen LogP contribution is 2.31. The SMILES string of the molecule is CCC1(CC)CN([C]c2cccc(Cl)c2)CCN1C(=O)c1ncn(-c2cccc(Cl)c2)n1. The van der Waals surface area contributed by atoms with Gasteiger partial charge in [-0.05, 0) is 48.7 Å². The van der Waals surface area contributed by atoms with Crippen molar-refractivity contribution in [2.75, 3.05) is 19.6 Å². The largest absolute Gasteiger partial charge is 0.328 e. The highest BCUT2D eigenvalue weighted by Gasteiger charge is 2.43. The summed E-state index contributed by atoms with van der Waals surface area (Å²) < 4.78 is 1.58. The van der Waals surface area contributed by atoms with E-state index in [0.717, 1.165) is 24.1 Å². The van der Waals surface area contributed by atoms with Gasteiger partial charge in [0.05, 0.1) is 17.8 Å². The molecule has 1 saturated heterocycles. The molecule has 0 atom stereocenters. The number of hydrogen-bond acceptors (Lipinski definition) is 4. The zero-order valence-corrected chi connectivity index (χ0v) is 19.6. The Balaban J connectivity index is 1.53. The molecule has 0 N–H and O–H groups in total. The van der Waals surface area contributed by atoms with Crippen LogP contribution in [-0.2, 0) is 0 Å². The Hall–Kier alpha value is -2.41. The van der Waals surface area contributed by atoms with E-state index >= 15 is 0 Å². The predicted octanol–water partition coefficient (Wildman–Crippen LogP) is 4.98. The molecule has 8 heteroatoms. The van der Waals surface area contributed by atoms with Gasteiger partial charge in [-0.2, -0.15) is 0 Å². The minimum absolute atomic E-state index is 0.156. The minimum atomic E-state index is -0.331. The molecule has 1 aliphatic heterocycles. The van der Waals surface area contributed by atoms with Gasteiger partial charge < -0.3 is 4.90 Å². The van der Waals surface area contributed by atoms with E-state index in [1.54, 1.807) is 23.1 Å². The maximum absolute atomic E-state index is 13.5. The molecule has 2 aromatic carbocycles. The zero-order chi connectivity index (χ0) is 22.7. The van der Waals surface area contributed by atoms with E-state index in [0.29, 0.717) is 29.7 Å². The fourth-order valence-corrected chi connectivity index (χ4v) is 4.59. The lowest BCUT2D eigenvalue weighted by molar-refractivity contribution is 0.00656. The van der Waals surface area contributed by atoms with Crippen molar-refractivity contribution in [2.45, 2.75) is 32.2 Å². The molecule has 3 aromatic rings. The van der Waals surface area contributed by atoms with Crippen LogP contribution in [0.5, 0.6) is 0 Å². The van der Waals surface area contributed by atoms with Gasteiger partial charge >= 0.3 is 0 Å². The molecule has 32 heavy (non-hydrogen) atoms. The van der Waals surface area contributed by atoms with Gasteiger partial charge in [0, 0.05) is 29.7 Å². The fraction of sp³-hybridized carbons (Fsp3) is 0.333. The number of hydrogen-bond donors (Lipinski definition) is 0. The third-order valence-electron chi connectivity index (χ3n) is 6.08. The molecule has 0 bridgehead atoms. The Morgan fingerprint density at radius 2 is 1.78 bits per heavy atom. The summed E-state index contributed by atoms with van der Waals surface area (Å²) in [6, 6.07) is 14.9. The molecule has 0 aliphatic carbocycles. The second-order valence-electron chi connectivity index (χ2n) is 7.92. The molecule has 1 fully saturated rings. The Kier molecular flexibility index (Phi) is 6.84. The molecule has 166 valence electrons. The summed E-state index contributed by atoms with van der Waals surface area (Å²) >= 11 is 12.2. The number of aromatic nitrogens is 3. The number of halogens is 2. The third-order valence-corrected chi connectivity index (χ3v) is 6.55. The number of rotatable bonds is 6. The van der Waals surface area contributed by atoms with Crippen LogP contribution in [0.4, 0.5) is 0 Å². The van der Waals surface area contributed by atoms with Gasteiger partial charge in [0.15, 0.2) is 0 Å². The molecule has 0 saturated carbocycles. The Morgan fingerprint density at radius 3 is 2.47 bits per heavy atom. The minimum Gasteiger partial charge on any atom is -0.328 e. The monoisotopic (exact) mass is 469 g/mol. The highest BCUT2D eigenvalue weighted by molar-refractivity contribution is 6.31. The third kappa shape index (κ3) is 4.68. The van der Waals surface area contributed by atoms with E-state index in [-0.39, 0.29) is 17.3 Å². The number of piperazine rings is 1. The predicted molar refractivity (Wildman–Crippen MR) is 126 cm³/mol. The van der Waals surface area contributed by atoms with Crippen molar-refractivity contribution in [2.24, 2.45) is 0 Å². The molecular formula is C24H25Cl2N5O. The molecule has 2 heterocycles. The van der Waals surface area contributed by atoms with Crippen LogP contribution in [0.1, 0.15) is 42.9 Å². The number of benzene rings is 2. The van der Waals surface area contributed by atoms with Crippen LogP contribution in [0, 0.1) is 6.54 Å². The molecule has 1 amide bonds. The maximum Gasteiger partial charge on any atom is 0.294 e. The topological polar surface area (TPSA) is 54.3 Å². The van der Waals surface area contributed by atoms with E-state index in [9.17, 15) is 4.79 Å². The average molecular weight is 470 g/mol. The summed E-state index contributed by atoms with van der Waals surface area (Å²) in [6.45, 7) is 9.60. The molecule has 2 radical (unpaired) electrons.